The fraction of sp³-hybridized carbons (Fsp3) is 0.471. The zero-order chi connectivity index (χ0) is 14.5. The molecular weight excluding hydrogens is 248 g/mol. The van der Waals surface area contributed by atoms with E-state index in [0.29, 0.717) is 12.2 Å². The Hall–Kier alpha value is -1.15. The molecule has 1 aromatic carbocycles. The Balaban J connectivity index is 2.54. The molecule has 0 spiro atoms. The van der Waals surface area contributed by atoms with Gasteiger partial charge in [0.2, 0.25) is 0 Å². The first kappa shape index (κ1) is 15.9. The minimum Gasteiger partial charge on any atom is -0.299 e. The van der Waals surface area contributed by atoms with Crippen LogP contribution in [-0.4, -0.2) is 13.9 Å². The van der Waals surface area contributed by atoms with Gasteiger partial charge in [-0.25, -0.2) is 0 Å². The predicted octanol–water partition coefficient (Wildman–Crippen LogP) is 4.16. The minimum atomic E-state index is -1.45. The zero-order valence-corrected chi connectivity index (χ0v) is 13.7. The van der Waals surface area contributed by atoms with Gasteiger partial charge in [-0.05, 0) is 12.5 Å². The number of hydrogen-bond acceptors (Lipinski definition) is 1. The second-order valence-electron chi connectivity index (χ2n) is 6.30. The molecule has 0 heterocycles. The van der Waals surface area contributed by atoms with Gasteiger partial charge in [-0.1, -0.05) is 68.0 Å². The van der Waals surface area contributed by atoms with E-state index in [1.807, 2.05) is 13.8 Å². The van der Waals surface area contributed by atoms with Gasteiger partial charge in [0.1, 0.15) is 5.78 Å². The van der Waals surface area contributed by atoms with Crippen LogP contribution in [0.5, 0.6) is 0 Å². The van der Waals surface area contributed by atoms with Crippen molar-refractivity contribution in [1.82, 2.24) is 0 Å². The van der Waals surface area contributed by atoms with Crippen LogP contribution >= 0.6 is 0 Å². The van der Waals surface area contributed by atoms with Crippen molar-refractivity contribution < 1.29 is 4.79 Å². The molecular formula is C17H26OSi. The largest absolute Gasteiger partial charge is 0.299 e. The molecule has 1 aromatic rings. The average molecular weight is 274 g/mol. The fourth-order valence-corrected chi connectivity index (χ4v) is 5.02. The number of ketones is 1. The molecule has 1 rings (SSSR count). The van der Waals surface area contributed by atoms with Crippen LogP contribution in [0.3, 0.4) is 0 Å². The molecule has 0 saturated heterocycles. The van der Waals surface area contributed by atoms with Crippen LogP contribution in [0.2, 0.25) is 19.1 Å². The van der Waals surface area contributed by atoms with Crippen molar-refractivity contribution in [3.63, 3.8) is 0 Å². The standard InChI is InChI=1S/C17H26OSi/c1-14(2)17(18)12-11-15(3)13-19(4,5)16-9-7-6-8-10-16/h6-10,14H,3,11-13H2,1-2,4-5H3. The van der Waals surface area contributed by atoms with E-state index >= 15 is 0 Å². The molecule has 104 valence electrons. The lowest BCUT2D eigenvalue weighted by Gasteiger charge is -2.24. The molecule has 0 aliphatic heterocycles. The summed E-state index contributed by atoms with van der Waals surface area (Å²) in [5.41, 5.74) is 1.23. The third-order valence-electron chi connectivity index (χ3n) is 3.62. The summed E-state index contributed by atoms with van der Waals surface area (Å²) in [6.07, 6.45) is 1.50. The lowest BCUT2D eigenvalue weighted by molar-refractivity contribution is -0.121. The molecule has 0 aliphatic rings. The predicted molar refractivity (Wildman–Crippen MR) is 86.6 cm³/mol. The second-order valence-corrected chi connectivity index (χ2v) is 11.0. The highest BCUT2D eigenvalue weighted by Crippen LogP contribution is 2.20. The van der Waals surface area contributed by atoms with Crippen molar-refractivity contribution in [3.05, 3.63) is 42.5 Å². The Morgan fingerprint density at radius 2 is 1.74 bits per heavy atom. The summed E-state index contributed by atoms with van der Waals surface area (Å²) in [7, 11) is -1.45. The van der Waals surface area contributed by atoms with E-state index in [0.717, 1.165) is 12.5 Å². The minimum absolute atomic E-state index is 0.146. The number of carbonyl (C=O) groups is 1. The maximum absolute atomic E-state index is 11.7. The van der Waals surface area contributed by atoms with Crippen molar-refractivity contribution in [3.8, 4) is 0 Å². The van der Waals surface area contributed by atoms with Gasteiger partial charge in [-0.15, -0.1) is 6.58 Å². The van der Waals surface area contributed by atoms with Gasteiger partial charge in [-0.3, -0.25) is 4.79 Å². The van der Waals surface area contributed by atoms with E-state index in [1.54, 1.807) is 0 Å². The van der Waals surface area contributed by atoms with E-state index in [9.17, 15) is 4.79 Å². The fourth-order valence-electron chi connectivity index (χ4n) is 2.29. The van der Waals surface area contributed by atoms with Crippen molar-refractivity contribution in [2.24, 2.45) is 5.92 Å². The molecule has 2 heteroatoms. The highest BCUT2D eigenvalue weighted by atomic mass is 28.3. The van der Waals surface area contributed by atoms with Gasteiger partial charge < -0.3 is 0 Å². The van der Waals surface area contributed by atoms with Crippen LogP contribution < -0.4 is 5.19 Å². The Morgan fingerprint density at radius 1 is 1.16 bits per heavy atom. The van der Waals surface area contributed by atoms with E-state index in [1.165, 1.54) is 10.8 Å². The van der Waals surface area contributed by atoms with Crippen LogP contribution in [0.25, 0.3) is 0 Å². The molecule has 19 heavy (non-hydrogen) atoms. The second kappa shape index (κ2) is 6.85. The number of benzene rings is 1. The highest BCUT2D eigenvalue weighted by molar-refractivity contribution is 6.90. The summed E-state index contributed by atoms with van der Waals surface area (Å²) in [6.45, 7) is 12.9. The Kier molecular flexibility index (Phi) is 5.74. The maximum atomic E-state index is 11.7. The number of allylic oxidation sites excluding steroid dienone is 1. The summed E-state index contributed by atoms with van der Waals surface area (Å²) in [6, 6.07) is 11.8. The number of carbonyl (C=O) groups excluding carboxylic acids is 1. The van der Waals surface area contributed by atoms with Gasteiger partial charge in [0.25, 0.3) is 0 Å². The van der Waals surface area contributed by atoms with Crippen molar-refractivity contribution >= 4 is 19.0 Å². The van der Waals surface area contributed by atoms with E-state index in [2.05, 4.69) is 50.0 Å². The Morgan fingerprint density at radius 3 is 2.26 bits per heavy atom. The first-order valence-electron chi connectivity index (χ1n) is 7.08. The molecule has 0 fully saturated rings. The Labute approximate surface area is 118 Å². The summed E-state index contributed by atoms with van der Waals surface area (Å²) < 4.78 is 0. The molecule has 0 aromatic heterocycles. The van der Waals surface area contributed by atoms with Crippen LogP contribution in [0.1, 0.15) is 26.7 Å². The number of rotatable bonds is 7. The van der Waals surface area contributed by atoms with Gasteiger partial charge in [0.15, 0.2) is 0 Å². The molecule has 0 N–H and O–H groups in total. The monoisotopic (exact) mass is 274 g/mol. The summed E-state index contributed by atoms with van der Waals surface area (Å²) in [4.78, 5) is 11.7. The van der Waals surface area contributed by atoms with E-state index in [-0.39, 0.29) is 5.92 Å². The van der Waals surface area contributed by atoms with Crippen LogP contribution in [-0.2, 0) is 4.79 Å². The van der Waals surface area contributed by atoms with Crippen LogP contribution in [0.4, 0.5) is 0 Å². The first-order chi connectivity index (χ1) is 8.83. The van der Waals surface area contributed by atoms with Crippen molar-refractivity contribution in [2.45, 2.75) is 45.8 Å². The lowest BCUT2D eigenvalue weighted by atomic mass is 10.0. The van der Waals surface area contributed by atoms with Crippen molar-refractivity contribution in [1.29, 1.82) is 0 Å². The van der Waals surface area contributed by atoms with Gasteiger partial charge in [0.05, 0.1) is 8.07 Å². The van der Waals surface area contributed by atoms with Gasteiger partial charge >= 0.3 is 0 Å². The lowest BCUT2D eigenvalue weighted by Crippen LogP contribution is -2.41. The van der Waals surface area contributed by atoms with Crippen molar-refractivity contribution in [2.75, 3.05) is 0 Å². The van der Waals surface area contributed by atoms with Gasteiger partial charge in [-0.2, -0.15) is 0 Å². The molecule has 1 nitrogen and oxygen atoms in total. The molecule has 0 saturated carbocycles. The number of hydrogen-bond donors (Lipinski definition) is 0. The van der Waals surface area contributed by atoms with E-state index in [4.69, 9.17) is 0 Å². The molecule has 0 radical (unpaired) electrons. The zero-order valence-electron chi connectivity index (χ0n) is 12.7. The topological polar surface area (TPSA) is 17.1 Å². The summed E-state index contributed by atoms with van der Waals surface area (Å²) in [5, 5.41) is 1.46. The molecule has 0 atom stereocenters. The molecule has 0 bridgehead atoms. The highest BCUT2D eigenvalue weighted by Gasteiger charge is 2.24. The van der Waals surface area contributed by atoms with Crippen LogP contribution in [0.15, 0.2) is 42.5 Å². The normalized spacial score (nSPS) is 11.6. The average Bonchev–Trinajstić information content (AvgIpc) is 2.36. The first-order valence-corrected chi connectivity index (χ1v) is 10.3. The SMILES string of the molecule is C=C(CCC(=O)C(C)C)C[Si](C)(C)c1ccccc1. The van der Waals surface area contributed by atoms with Crippen LogP contribution in [0, 0.1) is 5.92 Å². The summed E-state index contributed by atoms with van der Waals surface area (Å²) >= 11 is 0. The molecule has 0 unspecified atom stereocenters. The maximum Gasteiger partial charge on any atom is 0.135 e. The molecule has 0 aliphatic carbocycles. The summed E-state index contributed by atoms with van der Waals surface area (Å²) in [5.74, 6) is 0.493. The smallest absolute Gasteiger partial charge is 0.135 e. The van der Waals surface area contributed by atoms with Gasteiger partial charge in [0, 0.05) is 12.3 Å². The number of Topliss-reactive ketones (excluding diaryl/α,β-unsaturated/α-hetero) is 1. The quantitative estimate of drug-likeness (QED) is 0.539. The third kappa shape index (κ3) is 5.15. The molecule has 0 amide bonds. The van der Waals surface area contributed by atoms with E-state index < -0.39 is 8.07 Å². The third-order valence-corrected chi connectivity index (χ3v) is 6.90. The Bertz CT molecular complexity index is 432.